The number of hydrogen-bond donors (Lipinski definition) is 2. The molecule has 0 aromatic heterocycles. The molecule has 2 atom stereocenters. The quantitative estimate of drug-likeness (QED) is 0.686. The summed E-state index contributed by atoms with van der Waals surface area (Å²) in [5.41, 5.74) is 0. The fourth-order valence-corrected chi connectivity index (χ4v) is 2.76. The van der Waals surface area contributed by atoms with E-state index >= 15 is 0 Å². The number of urea groups is 1. The van der Waals surface area contributed by atoms with E-state index in [4.69, 9.17) is 0 Å². The number of nitrogens with one attached hydrogen (secondary N) is 2. The van der Waals surface area contributed by atoms with Gasteiger partial charge in [0, 0.05) is 0 Å². The monoisotopic (exact) mass is 208 g/mol. The van der Waals surface area contributed by atoms with Crippen LogP contribution in [-0.2, 0) is 0 Å². The zero-order chi connectivity index (χ0) is 10.7. The molecule has 1 aliphatic heterocycles. The second-order valence-corrected chi connectivity index (χ2v) is 4.73. The van der Waals surface area contributed by atoms with E-state index in [9.17, 15) is 4.79 Å². The maximum Gasteiger partial charge on any atom is 0.315 e. The first-order valence-electron chi connectivity index (χ1n) is 5.99. The van der Waals surface area contributed by atoms with E-state index in [1.807, 2.05) is 6.08 Å². The Morgan fingerprint density at radius 3 is 2.67 bits per heavy atom. The Balaban J connectivity index is 1.86. The van der Waals surface area contributed by atoms with E-state index in [1.54, 1.807) is 0 Å². The molecular weight excluding hydrogens is 188 g/mol. The van der Waals surface area contributed by atoms with Gasteiger partial charge >= 0.3 is 6.03 Å². The Bertz CT molecular complexity index is 246. The molecule has 3 nitrogen and oxygen atoms in total. The van der Waals surface area contributed by atoms with Crippen molar-refractivity contribution in [3.8, 4) is 0 Å². The molecule has 0 spiro atoms. The van der Waals surface area contributed by atoms with Crippen LogP contribution in [0.15, 0.2) is 12.7 Å². The average Bonchev–Trinajstić information content (AvgIpc) is 2.60. The number of carbonyl (C=O) groups is 1. The molecule has 0 aromatic rings. The fourth-order valence-electron chi connectivity index (χ4n) is 2.76. The molecule has 15 heavy (non-hydrogen) atoms. The normalized spacial score (nSPS) is 32.1. The average molecular weight is 208 g/mol. The summed E-state index contributed by atoms with van der Waals surface area (Å²) in [7, 11) is 0. The molecule has 0 unspecified atom stereocenters. The molecule has 84 valence electrons. The highest BCUT2D eigenvalue weighted by molar-refractivity contribution is 5.77. The van der Waals surface area contributed by atoms with Crippen molar-refractivity contribution in [2.75, 3.05) is 0 Å². The van der Waals surface area contributed by atoms with E-state index < -0.39 is 0 Å². The number of hydrogen-bond acceptors (Lipinski definition) is 1. The Morgan fingerprint density at radius 1 is 1.27 bits per heavy atom. The third-order valence-corrected chi connectivity index (χ3v) is 3.61. The number of rotatable bonds is 3. The SMILES string of the molecule is C=C[C@@H]1NC(=O)N[C@H]1CC1CCCCC1. The van der Waals surface area contributed by atoms with Gasteiger partial charge in [-0.2, -0.15) is 0 Å². The molecule has 2 fully saturated rings. The van der Waals surface area contributed by atoms with Crippen LogP contribution in [0.5, 0.6) is 0 Å². The van der Waals surface area contributed by atoms with Gasteiger partial charge < -0.3 is 10.6 Å². The van der Waals surface area contributed by atoms with E-state index in [-0.39, 0.29) is 18.1 Å². The van der Waals surface area contributed by atoms with Crippen LogP contribution in [0.25, 0.3) is 0 Å². The van der Waals surface area contributed by atoms with E-state index in [2.05, 4.69) is 17.2 Å². The summed E-state index contributed by atoms with van der Waals surface area (Å²) in [6.45, 7) is 3.77. The zero-order valence-electron chi connectivity index (χ0n) is 9.17. The van der Waals surface area contributed by atoms with Gasteiger partial charge in [-0.1, -0.05) is 38.2 Å². The summed E-state index contributed by atoms with van der Waals surface area (Å²) in [6.07, 6.45) is 9.71. The molecule has 2 amide bonds. The lowest BCUT2D eigenvalue weighted by Gasteiger charge is -2.25. The molecule has 1 saturated carbocycles. The summed E-state index contributed by atoms with van der Waals surface area (Å²) in [4.78, 5) is 11.2. The molecule has 3 heteroatoms. The van der Waals surface area contributed by atoms with Crippen molar-refractivity contribution in [2.24, 2.45) is 5.92 Å². The third-order valence-electron chi connectivity index (χ3n) is 3.61. The smallest absolute Gasteiger partial charge is 0.315 e. The van der Waals surface area contributed by atoms with Crippen LogP contribution in [0, 0.1) is 5.92 Å². The lowest BCUT2D eigenvalue weighted by molar-refractivity contribution is 0.246. The van der Waals surface area contributed by atoms with E-state index in [0.29, 0.717) is 0 Å². The summed E-state index contributed by atoms with van der Waals surface area (Å²) in [6, 6.07) is 0.346. The van der Waals surface area contributed by atoms with Gasteiger partial charge in [-0.15, -0.1) is 6.58 Å². The van der Waals surface area contributed by atoms with Crippen molar-refractivity contribution in [1.29, 1.82) is 0 Å². The minimum atomic E-state index is -0.0410. The maximum absolute atomic E-state index is 11.2. The first kappa shape index (κ1) is 10.5. The van der Waals surface area contributed by atoms with E-state index in [0.717, 1.165) is 12.3 Å². The number of carbonyl (C=O) groups excluding carboxylic acids is 1. The molecule has 1 saturated heterocycles. The minimum absolute atomic E-state index is 0.0410. The number of amides is 2. The summed E-state index contributed by atoms with van der Waals surface area (Å²) in [5.74, 6) is 0.798. The summed E-state index contributed by atoms with van der Waals surface area (Å²) >= 11 is 0. The van der Waals surface area contributed by atoms with Crippen LogP contribution in [0.1, 0.15) is 38.5 Å². The van der Waals surface area contributed by atoms with Gasteiger partial charge in [0.1, 0.15) is 0 Å². The lowest BCUT2D eigenvalue weighted by atomic mass is 9.83. The molecule has 1 heterocycles. The zero-order valence-corrected chi connectivity index (χ0v) is 9.17. The Morgan fingerprint density at radius 2 is 2.00 bits per heavy atom. The van der Waals surface area contributed by atoms with Gasteiger partial charge in [-0.05, 0) is 12.3 Å². The predicted octanol–water partition coefficient (Wildman–Crippen LogP) is 2.19. The second-order valence-electron chi connectivity index (χ2n) is 4.73. The third kappa shape index (κ3) is 2.52. The van der Waals surface area contributed by atoms with Crippen molar-refractivity contribution in [1.82, 2.24) is 10.6 Å². The van der Waals surface area contributed by atoms with Crippen LogP contribution in [0.2, 0.25) is 0 Å². The van der Waals surface area contributed by atoms with Crippen molar-refractivity contribution < 1.29 is 4.79 Å². The van der Waals surface area contributed by atoms with Gasteiger partial charge in [0.05, 0.1) is 12.1 Å². The van der Waals surface area contributed by atoms with Gasteiger partial charge in [-0.25, -0.2) is 4.79 Å². The molecule has 0 bridgehead atoms. The molecule has 0 aromatic carbocycles. The Hall–Kier alpha value is -0.990. The molecule has 2 N–H and O–H groups in total. The standard InChI is InChI=1S/C12H20N2O/c1-2-10-11(14-12(15)13-10)8-9-6-4-3-5-7-9/h2,9-11H,1,3-8H2,(H2,13,14,15)/t10-,11-/m0/s1. The van der Waals surface area contributed by atoms with Gasteiger partial charge in [0.2, 0.25) is 0 Å². The second kappa shape index (κ2) is 4.69. The van der Waals surface area contributed by atoms with Crippen LogP contribution in [0.3, 0.4) is 0 Å². The van der Waals surface area contributed by atoms with Gasteiger partial charge in [0.25, 0.3) is 0 Å². The highest BCUT2D eigenvalue weighted by atomic mass is 16.2. The Kier molecular flexibility index (Phi) is 3.29. The molecule has 2 rings (SSSR count). The molecule has 1 aliphatic carbocycles. The Labute approximate surface area is 91.3 Å². The van der Waals surface area contributed by atoms with E-state index in [1.165, 1.54) is 32.1 Å². The topological polar surface area (TPSA) is 41.1 Å². The van der Waals surface area contributed by atoms with Crippen LogP contribution in [-0.4, -0.2) is 18.1 Å². The molecule has 0 radical (unpaired) electrons. The van der Waals surface area contributed by atoms with Gasteiger partial charge in [-0.3, -0.25) is 0 Å². The summed E-state index contributed by atoms with van der Waals surface area (Å²) < 4.78 is 0. The first-order chi connectivity index (χ1) is 7.29. The minimum Gasteiger partial charge on any atom is -0.333 e. The fraction of sp³-hybridized carbons (Fsp3) is 0.750. The van der Waals surface area contributed by atoms with Crippen molar-refractivity contribution >= 4 is 6.03 Å². The lowest BCUT2D eigenvalue weighted by Crippen LogP contribution is -2.34. The van der Waals surface area contributed by atoms with Crippen LogP contribution < -0.4 is 10.6 Å². The van der Waals surface area contributed by atoms with Gasteiger partial charge in [0.15, 0.2) is 0 Å². The summed E-state index contributed by atoms with van der Waals surface area (Å²) in [5, 5.41) is 5.86. The van der Waals surface area contributed by atoms with Crippen molar-refractivity contribution in [3.05, 3.63) is 12.7 Å². The highest BCUT2D eigenvalue weighted by Crippen LogP contribution is 2.28. The molecule has 2 aliphatic rings. The van der Waals surface area contributed by atoms with Crippen LogP contribution in [0.4, 0.5) is 4.79 Å². The highest BCUT2D eigenvalue weighted by Gasteiger charge is 2.31. The van der Waals surface area contributed by atoms with Crippen LogP contribution >= 0.6 is 0 Å². The largest absolute Gasteiger partial charge is 0.333 e. The predicted molar refractivity (Wildman–Crippen MR) is 60.6 cm³/mol. The van der Waals surface area contributed by atoms with Crippen molar-refractivity contribution in [3.63, 3.8) is 0 Å². The maximum atomic E-state index is 11.2. The first-order valence-corrected chi connectivity index (χ1v) is 5.99. The molecular formula is C12H20N2O. The van der Waals surface area contributed by atoms with Crippen molar-refractivity contribution in [2.45, 2.75) is 50.6 Å².